The summed E-state index contributed by atoms with van der Waals surface area (Å²) in [6.07, 6.45) is 0. The first-order valence-corrected chi connectivity index (χ1v) is 11.1. The molecule has 11 heteroatoms. The lowest BCUT2D eigenvalue weighted by Gasteiger charge is -2.12. The highest BCUT2D eigenvalue weighted by molar-refractivity contribution is 14.0. The normalized spacial score (nSPS) is 11.5. The van der Waals surface area contributed by atoms with Gasteiger partial charge in [0.2, 0.25) is 10.0 Å². The second-order valence-corrected chi connectivity index (χ2v) is 8.58. The van der Waals surface area contributed by atoms with Gasteiger partial charge in [0.05, 0.1) is 20.8 Å². The Morgan fingerprint density at radius 1 is 1.10 bits per heavy atom. The van der Waals surface area contributed by atoms with E-state index in [1.807, 2.05) is 25.1 Å². The molecule has 1 aromatic heterocycles. The maximum absolute atomic E-state index is 12.1. The first kappa shape index (κ1) is 25.5. The molecule has 8 nitrogen and oxygen atoms in total. The molecule has 0 aliphatic carbocycles. The molecule has 0 amide bonds. The molecule has 1 aromatic carbocycles. The van der Waals surface area contributed by atoms with Crippen molar-refractivity contribution >= 4 is 51.3 Å². The molecule has 3 N–H and O–H groups in total. The second kappa shape index (κ2) is 12.9. The molecule has 0 spiro atoms. The highest BCUT2D eigenvalue weighted by Crippen LogP contribution is 2.27. The van der Waals surface area contributed by atoms with E-state index < -0.39 is 10.0 Å². The maximum atomic E-state index is 12.1. The largest absolute Gasteiger partial charge is 0.493 e. The molecule has 0 radical (unpaired) electrons. The number of benzene rings is 1. The molecule has 0 aliphatic heterocycles. The van der Waals surface area contributed by atoms with E-state index in [1.54, 1.807) is 31.7 Å². The quantitative estimate of drug-likeness (QED) is 0.181. The molecule has 162 valence electrons. The Labute approximate surface area is 193 Å². The van der Waals surface area contributed by atoms with E-state index in [0.29, 0.717) is 41.3 Å². The van der Waals surface area contributed by atoms with Crippen LogP contribution in [0.4, 0.5) is 0 Å². The number of methoxy groups -OCH3 is 2. The molecule has 0 aliphatic rings. The zero-order valence-corrected chi connectivity index (χ0v) is 20.6. The molecular formula is C18H27IN4O4S2. The minimum atomic E-state index is -3.45. The highest BCUT2D eigenvalue weighted by Gasteiger charge is 2.13. The second-order valence-electron chi connectivity index (χ2n) is 5.64. The van der Waals surface area contributed by atoms with Crippen molar-refractivity contribution in [3.63, 3.8) is 0 Å². The number of hydrogen-bond acceptors (Lipinski definition) is 6. The fraction of sp³-hybridized carbons (Fsp3) is 0.389. The van der Waals surface area contributed by atoms with Crippen LogP contribution in [0.2, 0.25) is 0 Å². The van der Waals surface area contributed by atoms with Crippen molar-refractivity contribution in [1.82, 2.24) is 15.4 Å². The van der Waals surface area contributed by atoms with Gasteiger partial charge < -0.3 is 20.1 Å². The molecule has 0 unspecified atom stereocenters. The molecule has 0 fully saturated rings. The smallest absolute Gasteiger partial charge is 0.250 e. The molecule has 0 bridgehead atoms. The lowest BCUT2D eigenvalue weighted by atomic mass is 10.2. The first-order valence-electron chi connectivity index (χ1n) is 8.76. The van der Waals surface area contributed by atoms with Gasteiger partial charge in [-0.15, -0.1) is 35.3 Å². The number of ether oxygens (including phenoxy) is 2. The Balaban J connectivity index is 0.00000420. The Morgan fingerprint density at radius 2 is 1.86 bits per heavy atom. The zero-order chi connectivity index (χ0) is 20.4. The van der Waals surface area contributed by atoms with Gasteiger partial charge in [-0.05, 0) is 36.1 Å². The monoisotopic (exact) mass is 554 g/mol. The fourth-order valence-corrected chi connectivity index (χ4v) is 4.41. The number of rotatable bonds is 10. The third-order valence-corrected chi connectivity index (χ3v) is 6.54. The topological polar surface area (TPSA) is 101 Å². The summed E-state index contributed by atoms with van der Waals surface area (Å²) in [7, 11) is -0.270. The molecule has 2 rings (SSSR count). The van der Waals surface area contributed by atoms with Crippen LogP contribution in [0.1, 0.15) is 12.5 Å². The van der Waals surface area contributed by atoms with Crippen molar-refractivity contribution in [1.29, 1.82) is 0 Å². The predicted molar refractivity (Wildman–Crippen MR) is 127 cm³/mol. The molecule has 0 saturated heterocycles. The summed E-state index contributed by atoms with van der Waals surface area (Å²) in [5, 5.41) is 7.99. The number of guanidine groups is 1. The van der Waals surface area contributed by atoms with Crippen molar-refractivity contribution in [3.8, 4) is 11.5 Å². The summed E-state index contributed by atoms with van der Waals surface area (Å²) >= 11 is 1.19. The predicted octanol–water partition coefficient (Wildman–Crippen LogP) is 2.42. The van der Waals surface area contributed by atoms with Crippen molar-refractivity contribution in [2.24, 2.45) is 4.99 Å². The molecule has 0 atom stereocenters. The molecule has 0 saturated carbocycles. The number of nitrogens with one attached hydrogen (secondary N) is 3. The van der Waals surface area contributed by atoms with E-state index >= 15 is 0 Å². The van der Waals surface area contributed by atoms with Gasteiger partial charge in [-0.25, -0.2) is 18.1 Å². The van der Waals surface area contributed by atoms with Gasteiger partial charge in [0.15, 0.2) is 17.5 Å². The van der Waals surface area contributed by atoms with Gasteiger partial charge in [-0.1, -0.05) is 12.1 Å². The van der Waals surface area contributed by atoms with E-state index in [2.05, 4.69) is 20.3 Å². The van der Waals surface area contributed by atoms with Gasteiger partial charge in [0.1, 0.15) is 4.21 Å². The number of hydrogen-bond donors (Lipinski definition) is 3. The summed E-state index contributed by atoms with van der Waals surface area (Å²) in [5.74, 6) is 1.92. The van der Waals surface area contributed by atoms with Crippen molar-refractivity contribution in [2.75, 3.05) is 33.9 Å². The first-order chi connectivity index (χ1) is 13.5. The summed E-state index contributed by atoms with van der Waals surface area (Å²) < 4.78 is 37.6. The lowest BCUT2D eigenvalue weighted by Crippen LogP contribution is -2.41. The third kappa shape index (κ3) is 7.99. The van der Waals surface area contributed by atoms with E-state index in [1.165, 1.54) is 11.3 Å². The number of sulfonamides is 1. The van der Waals surface area contributed by atoms with Gasteiger partial charge in [0.25, 0.3) is 0 Å². The van der Waals surface area contributed by atoms with Gasteiger partial charge in [-0.2, -0.15) is 0 Å². The lowest BCUT2D eigenvalue weighted by molar-refractivity contribution is 0.354. The van der Waals surface area contributed by atoms with Crippen LogP contribution in [0.5, 0.6) is 11.5 Å². The average molecular weight is 554 g/mol. The van der Waals surface area contributed by atoms with Gasteiger partial charge in [0, 0.05) is 19.6 Å². The summed E-state index contributed by atoms with van der Waals surface area (Å²) in [4.78, 5) is 4.52. The van der Waals surface area contributed by atoms with Crippen LogP contribution in [-0.2, 0) is 16.6 Å². The standard InChI is InChI=1S/C18H26N4O4S2.HI/c1-4-19-18(20-9-10-22-28(23,24)17-6-5-11-27-17)21-13-14-7-8-15(25-2)16(12-14)26-3;/h5-8,11-12,22H,4,9-10,13H2,1-3H3,(H2,19,20,21);1H. The Bertz CT molecular complexity index is 874. The van der Waals surface area contributed by atoms with E-state index in [-0.39, 0.29) is 30.5 Å². The summed E-state index contributed by atoms with van der Waals surface area (Å²) in [6, 6.07) is 8.92. The van der Waals surface area contributed by atoms with Crippen LogP contribution < -0.4 is 24.8 Å². The SMILES string of the molecule is CCNC(=NCc1ccc(OC)c(OC)c1)NCCNS(=O)(=O)c1cccs1.I. The van der Waals surface area contributed by atoms with E-state index in [4.69, 9.17) is 9.47 Å². The van der Waals surface area contributed by atoms with Crippen LogP contribution in [0, 0.1) is 0 Å². The molecule has 29 heavy (non-hydrogen) atoms. The molecule has 1 heterocycles. The van der Waals surface area contributed by atoms with Crippen molar-refractivity contribution in [2.45, 2.75) is 17.7 Å². The van der Waals surface area contributed by atoms with Gasteiger partial charge >= 0.3 is 0 Å². The number of thiophene rings is 1. The maximum Gasteiger partial charge on any atom is 0.250 e. The van der Waals surface area contributed by atoms with Crippen LogP contribution in [0.3, 0.4) is 0 Å². The summed E-state index contributed by atoms with van der Waals surface area (Å²) in [5.41, 5.74) is 0.966. The van der Waals surface area contributed by atoms with E-state index in [0.717, 1.165) is 5.56 Å². The Morgan fingerprint density at radius 3 is 2.48 bits per heavy atom. The molecular weight excluding hydrogens is 527 g/mol. The van der Waals surface area contributed by atoms with Crippen molar-refractivity contribution in [3.05, 3.63) is 41.3 Å². The molecule has 2 aromatic rings. The summed E-state index contributed by atoms with van der Waals surface area (Å²) in [6.45, 7) is 3.76. The van der Waals surface area contributed by atoms with Crippen LogP contribution in [0.25, 0.3) is 0 Å². The van der Waals surface area contributed by atoms with Crippen LogP contribution in [0.15, 0.2) is 44.9 Å². The average Bonchev–Trinajstić information content (AvgIpc) is 3.25. The Kier molecular flexibility index (Phi) is 11.3. The number of aliphatic imine (C=N–C) groups is 1. The van der Waals surface area contributed by atoms with Crippen LogP contribution in [-0.4, -0.2) is 48.2 Å². The highest BCUT2D eigenvalue weighted by atomic mass is 127. The van der Waals surface area contributed by atoms with Crippen molar-refractivity contribution < 1.29 is 17.9 Å². The van der Waals surface area contributed by atoms with Crippen LogP contribution >= 0.6 is 35.3 Å². The minimum absolute atomic E-state index is 0. The Hall–Kier alpha value is -1.57. The zero-order valence-electron chi connectivity index (χ0n) is 16.6. The number of nitrogens with zero attached hydrogens (tertiary/aromatic N) is 1. The minimum Gasteiger partial charge on any atom is -0.493 e. The third-order valence-electron chi connectivity index (χ3n) is 3.68. The van der Waals surface area contributed by atoms with E-state index in [9.17, 15) is 8.42 Å². The van der Waals surface area contributed by atoms with Gasteiger partial charge in [-0.3, -0.25) is 0 Å². The fourth-order valence-electron chi connectivity index (χ4n) is 2.34. The number of halogens is 1.